The number of carbonyl (C=O) groups is 1. The number of hydrogen-bond donors (Lipinski definition) is 2. The second kappa shape index (κ2) is 18.0. The Kier molecular flexibility index (Phi) is 16.5. The molecule has 1 heterocycles. The maximum atomic E-state index is 11.0. The van der Waals surface area contributed by atoms with E-state index in [4.69, 9.17) is 5.21 Å². The van der Waals surface area contributed by atoms with Gasteiger partial charge in [0.1, 0.15) is 0 Å². The largest absolute Gasteiger partial charge is 0.372 e. The molecule has 0 spiro atoms. The summed E-state index contributed by atoms with van der Waals surface area (Å²) in [5.41, 5.74) is 6.37. The first-order valence-electron chi connectivity index (χ1n) is 11.6. The van der Waals surface area contributed by atoms with Crippen LogP contribution in [0.4, 0.5) is 0 Å². The smallest absolute Gasteiger partial charge is 0.267 e. The summed E-state index contributed by atoms with van der Waals surface area (Å²) < 4.78 is 0. The molecule has 1 aliphatic rings. The van der Waals surface area contributed by atoms with Crippen LogP contribution in [0, 0.1) is 0 Å². The van der Waals surface area contributed by atoms with Crippen LogP contribution in [0.1, 0.15) is 58.6 Å². The molecule has 0 radical (unpaired) electrons. The Bertz CT molecular complexity index is 722. The Morgan fingerprint density at radius 3 is 2.09 bits per heavy atom. The predicted molar refractivity (Wildman–Crippen MR) is 137 cm³/mol. The van der Waals surface area contributed by atoms with Crippen molar-refractivity contribution >= 4 is 12.0 Å². The summed E-state index contributed by atoms with van der Waals surface area (Å²) in [6.07, 6.45) is 9.13. The summed E-state index contributed by atoms with van der Waals surface area (Å²) in [5.74, 6) is -0.530. The molecule has 0 bridgehead atoms. The molecule has 1 aliphatic heterocycles. The van der Waals surface area contributed by atoms with Gasteiger partial charge >= 0.3 is 0 Å². The number of nitrogens with zero attached hydrogens (tertiary/aromatic N) is 2. The van der Waals surface area contributed by atoms with Gasteiger partial charge in [-0.25, -0.2) is 5.48 Å². The van der Waals surface area contributed by atoms with Gasteiger partial charge in [-0.3, -0.25) is 14.9 Å². The van der Waals surface area contributed by atoms with Crippen molar-refractivity contribution in [1.82, 2.24) is 15.3 Å². The number of hydroxylamine groups is 1. The van der Waals surface area contributed by atoms with Gasteiger partial charge in [-0.2, -0.15) is 0 Å². The summed E-state index contributed by atoms with van der Waals surface area (Å²) in [7, 11) is 0. The molecule has 0 saturated carbocycles. The summed E-state index contributed by atoms with van der Waals surface area (Å²) in [4.78, 5) is 15.8. The highest BCUT2D eigenvalue weighted by Gasteiger charge is 2.16. The van der Waals surface area contributed by atoms with Crippen LogP contribution in [0.2, 0.25) is 0 Å². The van der Waals surface area contributed by atoms with E-state index in [-0.39, 0.29) is 0 Å². The zero-order valence-corrected chi connectivity index (χ0v) is 20.7. The lowest BCUT2D eigenvalue weighted by atomic mass is 10.1. The van der Waals surface area contributed by atoms with Crippen LogP contribution in [0.5, 0.6) is 0 Å². The molecule has 0 unspecified atom stereocenters. The molecule has 1 saturated heterocycles. The van der Waals surface area contributed by atoms with Crippen molar-refractivity contribution in [3.8, 4) is 0 Å². The third kappa shape index (κ3) is 12.3. The van der Waals surface area contributed by atoms with Crippen LogP contribution < -0.4 is 5.48 Å². The number of allylic oxidation sites excluding steroid dienone is 4. The highest BCUT2D eigenvalue weighted by molar-refractivity contribution is 5.90. The van der Waals surface area contributed by atoms with Crippen LogP contribution in [0.3, 0.4) is 0 Å². The molecule has 2 N–H and O–H groups in total. The number of carbonyl (C=O) groups excluding carboxylic acids is 1. The molecule has 2 rings (SSSR count). The van der Waals surface area contributed by atoms with Crippen molar-refractivity contribution in [2.24, 2.45) is 0 Å². The lowest BCUT2D eigenvalue weighted by Crippen LogP contribution is -2.44. The monoisotopic (exact) mass is 441 g/mol. The van der Waals surface area contributed by atoms with Gasteiger partial charge in [0.25, 0.3) is 5.91 Å². The highest BCUT2D eigenvalue weighted by atomic mass is 16.5. The van der Waals surface area contributed by atoms with Crippen molar-refractivity contribution in [3.63, 3.8) is 0 Å². The number of rotatable bonds is 8. The Hall–Kier alpha value is -2.63. The number of piperazine rings is 1. The van der Waals surface area contributed by atoms with Gasteiger partial charge in [-0.1, -0.05) is 76.8 Å². The van der Waals surface area contributed by atoms with E-state index in [1.165, 1.54) is 22.9 Å². The van der Waals surface area contributed by atoms with Crippen LogP contribution in [0.15, 0.2) is 66.9 Å². The molecule has 1 aromatic rings. The van der Waals surface area contributed by atoms with E-state index in [2.05, 4.69) is 61.9 Å². The number of benzene rings is 1. The van der Waals surface area contributed by atoms with E-state index < -0.39 is 5.91 Å². The number of amides is 1. The molecule has 0 atom stereocenters. The second-order valence-electron chi connectivity index (χ2n) is 7.32. The van der Waals surface area contributed by atoms with Crippen LogP contribution in [-0.2, 0) is 11.3 Å². The van der Waals surface area contributed by atoms with Gasteiger partial charge in [0, 0.05) is 44.5 Å². The Morgan fingerprint density at radius 1 is 1.09 bits per heavy atom. The second-order valence-corrected chi connectivity index (χ2v) is 7.32. The molecule has 1 aromatic carbocycles. The minimum Gasteiger partial charge on any atom is -0.372 e. The summed E-state index contributed by atoms with van der Waals surface area (Å²) in [5, 5.41) is 8.45. The molecular formula is C27H43N3O2. The van der Waals surface area contributed by atoms with E-state index >= 15 is 0 Å². The molecule has 178 valence electrons. The third-order valence-electron chi connectivity index (χ3n) is 5.15. The van der Waals surface area contributed by atoms with E-state index in [0.717, 1.165) is 51.1 Å². The van der Waals surface area contributed by atoms with Gasteiger partial charge in [0.15, 0.2) is 0 Å². The first-order chi connectivity index (χ1) is 15.4. The van der Waals surface area contributed by atoms with Gasteiger partial charge < -0.3 is 4.90 Å². The van der Waals surface area contributed by atoms with Crippen LogP contribution in [-0.4, -0.2) is 47.1 Å². The molecule has 32 heavy (non-hydrogen) atoms. The quantitative estimate of drug-likeness (QED) is 0.176. The maximum absolute atomic E-state index is 11.0. The van der Waals surface area contributed by atoms with Crippen molar-refractivity contribution in [2.75, 3.05) is 26.2 Å². The SMILES string of the molecule is C=C(CC)CC.C=C/C=C(\C)N1CCN(Cc2ccc(/C=C/C(=O)NO)cc2)CC1.CC. The molecular weight excluding hydrogens is 398 g/mol. The van der Waals surface area contributed by atoms with E-state index in [9.17, 15) is 4.79 Å². The molecule has 1 amide bonds. The molecule has 5 nitrogen and oxygen atoms in total. The first-order valence-corrected chi connectivity index (χ1v) is 11.6. The number of hydrogen-bond acceptors (Lipinski definition) is 4. The van der Waals surface area contributed by atoms with Gasteiger partial charge in [-0.05, 0) is 43.0 Å². The molecule has 0 aliphatic carbocycles. The minimum absolute atomic E-state index is 0.530. The summed E-state index contributed by atoms with van der Waals surface area (Å²) >= 11 is 0. The Balaban J connectivity index is 0.00000104. The zero-order valence-electron chi connectivity index (χ0n) is 20.7. The van der Waals surface area contributed by atoms with Gasteiger partial charge in [-0.15, -0.1) is 0 Å². The predicted octanol–water partition coefficient (Wildman–Crippen LogP) is 5.80. The molecule has 1 fully saturated rings. The van der Waals surface area contributed by atoms with Crippen LogP contribution in [0.25, 0.3) is 6.08 Å². The first kappa shape index (κ1) is 29.4. The molecule has 0 aromatic heterocycles. The zero-order chi connectivity index (χ0) is 24.4. The highest BCUT2D eigenvalue weighted by Crippen LogP contribution is 2.13. The fraction of sp³-hybridized carbons (Fsp3) is 0.444. The standard InChI is InChI=1S/C19H25N3O2.C6H12.C2H6/c1-3-4-16(2)22-13-11-21(12-14-22)15-18-7-5-17(6-8-18)9-10-19(23)20-24;1-4-6(3)5-2;1-2/h3-10,24H,1,11-15H2,2H3,(H,20,23);3-5H2,1-2H3;1-2H3/b10-9+,16-4+;;. The Morgan fingerprint density at radius 2 is 1.66 bits per heavy atom. The fourth-order valence-electron chi connectivity index (χ4n) is 2.99. The Labute approximate surface area is 195 Å². The topological polar surface area (TPSA) is 55.8 Å². The van der Waals surface area contributed by atoms with Crippen molar-refractivity contribution in [1.29, 1.82) is 0 Å². The van der Waals surface area contributed by atoms with Crippen molar-refractivity contribution in [3.05, 3.63) is 78.0 Å². The van der Waals surface area contributed by atoms with Crippen molar-refractivity contribution in [2.45, 2.75) is 54.0 Å². The lowest BCUT2D eigenvalue weighted by Gasteiger charge is -2.36. The number of nitrogens with one attached hydrogen (secondary N) is 1. The van der Waals surface area contributed by atoms with E-state index in [0.29, 0.717) is 0 Å². The van der Waals surface area contributed by atoms with Gasteiger partial charge in [0.2, 0.25) is 0 Å². The minimum atomic E-state index is -0.530. The summed E-state index contributed by atoms with van der Waals surface area (Å²) in [6.45, 7) is 23.0. The molecule has 5 heteroatoms. The average Bonchev–Trinajstić information content (AvgIpc) is 2.85. The van der Waals surface area contributed by atoms with Crippen molar-refractivity contribution < 1.29 is 10.0 Å². The van der Waals surface area contributed by atoms with Crippen LogP contribution >= 0.6 is 0 Å². The summed E-state index contributed by atoms with van der Waals surface area (Å²) in [6, 6.07) is 8.10. The van der Waals surface area contributed by atoms with E-state index in [1.807, 2.05) is 32.1 Å². The average molecular weight is 442 g/mol. The third-order valence-corrected chi connectivity index (χ3v) is 5.15. The maximum Gasteiger partial charge on any atom is 0.267 e. The van der Waals surface area contributed by atoms with E-state index in [1.54, 1.807) is 11.6 Å². The normalized spacial score (nSPS) is 14.1. The lowest BCUT2D eigenvalue weighted by molar-refractivity contribution is -0.124. The van der Waals surface area contributed by atoms with Gasteiger partial charge in [0.05, 0.1) is 0 Å². The fourth-order valence-corrected chi connectivity index (χ4v) is 2.99.